The Balaban J connectivity index is 1.73. The number of carbonyl (C=O) groups is 1. The Hall–Kier alpha value is -1.01. The summed E-state index contributed by atoms with van der Waals surface area (Å²) in [5, 5.41) is 16.0. The number of carbonyl (C=O) groups excluding carboxylic acids is 1. The average Bonchev–Trinajstić information content (AvgIpc) is 3.02. The van der Waals surface area contributed by atoms with Crippen molar-refractivity contribution in [1.82, 2.24) is 15.5 Å². The van der Waals surface area contributed by atoms with Crippen LogP contribution in [0.2, 0.25) is 0 Å². The second kappa shape index (κ2) is 7.55. The Labute approximate surface area is 118 Å². The van der Waals surface area contributed by atoms with Crippen LogP contribution in [0.4, 0.5) is 5.13 Å². The highest BCUT2D eigenvalue weighted by Gasteiger charge is 2.18. The SMILES string of the molecule is CCCCCc1nnc(NC(=O)CC2CCCN2)s1. The molecule has 6 heteroatoms. The van der Waals surface area contributed by atoms with Gasteiger partial charge in [0.25, 0.3) is 0 Å². The summed E-state index contributed by atoms with van der Waals surface area (Å²) in [6, 6.07) is 0.331. The topological polar surface area (TPSA) is 66.9 Å². The zero-order chi connectivity index (χ0) is 13.5. The van der Waals surface area contributed by atoms with Crippen molar-refractivity contribution in [2.75, 3.05) is 11.9 Å². The predicted molar refractivity (Wildman–Crippen MR) is 77.4 cm³/mol. The van der Waals surface area contributed by atoms with E-state index in [1.807, 2.05) is 0 Å². The third-order valence-electron chi connectivity index (χ3n) is 3.30. The molecule has 106 valence electrons. The zero-order valence-corrected chi connectivity index (χ0v) is 12.3. The van der Waals surface area contributed by atoms with E-state index in [-0.39, 0.29) is 5.91 Å². The van der Waals surface area contributed by atoms with E-state index in [2.05, 4.69) is 27.8 Å². The minimum atomic E-state index is 0.0376. The smallest absolute Gasteiger partial charge is 0.227 e. The van der Waals surface area contributed by atoms with Crippen molar-refractivity contribution >= 4 is 22.4 Å². The van der Waals surface area contributed by atoms with Gasteiger partial charge in [-0.1, -0.05) is 31.1 Å². The first-order valence-corrected chi connectivity index (χ1v) is 7.95. The van der Waals surface area contributed by atoms with Gasteiger partial charge in [0, 0.05) is 18.9 Å². The number of aromatic nitrogens is 2. The molecular formula is C13H22N4OS. The van der Waals surface area contributed by atoms with Crippen molar-refractivity contribution in [2.45, 2.75) is 57.9 Å². The van der Waals surface area contributed by atoms with Crippen LogP contribution < -0.4 is 10.6 Å². The molecule has 0 spiro atoms. The van der Waals surface area contributed by atoms with E-state index < -0.39 is 0 Å². The van der Waals surface area contributed by atoms with Gasteiger partial charge in [0.1, 0.15) is 5.01 Å². The molecule has 0 saturated carbocycles. The molecule has 1 fully saturated rings. The fourth-order valence-corrected chi connectivity index (χ4v) is 3.05. The maximum atomic E-state index is 11.8. The van der Waals surface area contributed by atoms with Gasteiger partial charge >= 0.3 is 0 Å². The number of hydrogen-bond donors (Lipinski definition) is 2. The van der Waals surface area contributed by atoms with E-state index in [1.165, 1.54) is 30.6 Å². The summed E-state index contributed by atoms with van der Waals surface area (Å²) in [5.74, 6) is 0.0376. The third kappa shape index (κ3) is 4.87. The van der Waals surface area contributed by atoms with Gasteiger partial charge in [0.2, 0.25) is 11.0 Å². The lowest BCUT2D eigenvalue weighted by Gasteiger charge is -2.08. The quantitative estimate of drug-likeness (QED) is 0.753. The maximum absolute atomic E-state index is 11.8. The largest absolute Gasteiger partial charge is 0.313 e. The summed E-state index contributed by atoms with van der Waals surface area (Å²) >= 11 is 1.49. The number of nitrogens with zero attached hydrogens (tertiary/aromatic N) is 2. The molecule has 2 rings (SSSR count). The lowest BCUT2D eigenvalue weighted by Crippen LogP contribution is -2.27. The summed E-state index contributed by atoms with van der Waals surface area (Å²) in [6.45, 7) is 3.21. The summed E-state index contributed by atoms with van der Waals surface area (Å²) in [4.78, 5) is 11.8. The van der Waals surface area contributed by atoms with Crippen molar-refractivity contribution in [3.05, 3.63) is 5.01 Å². The number of anilines is 1. The molecule has 1 atom stereocenters. The van der Waals surface area contributed by atoms with Gasteiger partial charge < -0.3 is 10.6 Å². The van der Waals surface area contributed by atoms with Gasteiger partial charge in [0.15, 0.2) is 0 Å². The lowest BCUT2D eigenvalue weighted by molar-refractivity contribution is -0.116. The highest BCUT2D eigenvalue weighted by molar-refractivity contribution is 7.15. The zero-order valence-electron chi connectivity index (χ0n) is 11.4. The minimum absolute atomic E-state index is 0.0376. The van der Waals surface area contributed by atoms with E-state index in [9.17, 15) is 4.79 Å². The predicted octanol–water partition coefficient (Wildman–Crippen LogP) is 2.35. The molecule has 1 unspecified atom stereocenters. The molecule has 1 amide bonds. The Bertz CT molecular complexity index is 401. The van der Waals surface area contributed by atoms with Crippen molar-refractivity contribution in [3.63, 3.8) is 0 Å². The normalized spacial score (nSPS) is 18.7. The van der Waals surface area contributed by atoms with Crippen molar-refractivity contribution in [1.29, 1.82) is 0 Å². The summed E-state index contributed by atoms with van der Waals surface area (Å²) in [7, 11) is 0. The first-order valence-electron chi connectivity index (χ1n) is 7.13. The van der Waals surface area contributed by atoms with Crippen LogP contribution in [0.5, 0.6) is 0 Å². The molecule has 5 nitrogen and oxygen atoms in total. The van der Waals surface area contributed by atoms with Gasteiger partial charge in [-0.3, -0.25) is 4.79 Å². The lowest BCUT2D eigenvalue weighted by atomic mass is 10.1. The third-order valence-corrected chi connectivity index (χ3v) is 4.20. The summed E-state index contributed by atoms with van der Waals surface area (Å²) < 4.78 is 0. The molecule has 0 aromatic carbocycles. The Morgan fingerprint density at radius 3 is 3.11 bits per heavy atom. The highest BCUT2D eigenvalue weighted by atomic mass is 32.1. The number of nitrogens with one attached hydrogen (secondary N) is 2. The summed E-state index contributed by atoms with van der Waals surface area (Å²) in [5.41, 5.74) is 0. The van der Waals surface area contributed by atoms with Gasteiger partial charge in [0.05, 0.1) is 0 Å². The Kier molecular flexibility index (Phi) is 5.72. The molecule has 2 heterocycles. The second-order valence-corrected chi connectivity index (χ2v) is 6.07. The molecule has 1 aromatic heterocycles. The van der Waals surface area contributed by atoms with Crippen LogP contribution in [0.15, 0.2) is 0 Å². The van der Waals surface area contributed by atoms with Crippen molar-refractivity contribution in [3.8, 4) is 0 Å². The summed E-state index contributed by atoms with van der Waals surface area (Å²) in [6.07, 6.45) is 7.32. The van der Waals surface area contributed by atoms with Crippen LogP contribution >= 0.6 is 11.3 Å². The van der Waals surface area contributed by atoms with Gasteiger partial charge in [-0.2, -0.15) is 0 Å². The number of hydrogen-bond acceptors (Lipinski definition) is 5. The fourth-order valence-electron chi connectivity index (χ4n) is 2.26. The fraction of sp³-hybridized carbons (Fsp3) is 0.769. The minimum Gasteiger partial charge on any atom is -0.313 e. The molecule has 1 aliphatic rings. The molecule has 1 aliphatic heterocycles. The standard InChI is InChI=1S/C13H22N4OS/c1-2-3-4-7-12-16-17-13(19-12)15-11(18)9-10-6-5-8-14-10/h10,14H,2-9H2,1H3,(H,15,17,18). The average molecular weight is 282 g/mol. The molecule has 1 saturated heterocycles. The van der Waals surface area contributed by atoms with Crippen LogP contribution in [-0.2, 0) is 11.2 Å². The molecule has 19 heavy (non-hydrogen) atoms. The van der Waals surface area contributed by atoms with Gasteiger partial charge in [-0.25, -0.2) is 0 Å². The van der Waals surface area contributed by atoms with E-state index in [4.69, 9.17) is 0 Å². The number of unbranched alkanes of at least 4 members (excludes halogenated alkanes) is 2. The number of aryl methyl sites for hydroxylation is 1. The van der Waals surface area contributed by atoms with E-state index in [1.54, 1.807) is 0 Å². The Morgan fingerprint density at radius 1 is 1.47 bits per heavy atom. The molecule has 1 aromatic rings. The van der Waals surface area contributed by atoms with E-state index >= 15 is 0 Å². The molecular weight excluding hydrogens is 260 g/mol. The van der Waals surface area contributed by atoms with Crippen LogP contribution in [0.3, 0.4) is 0 Å². The molecule has 2 N–H and O–H groups in total. The van der Waals surface area contributed by atoms with Gasteiger partial charge in [-0.05, 0) is 25.8 Å². The van der Waals surface area contributed by atoms with Crippen molar-refractivity contribution in [2.24, 2.45) is 0 Å². The monoisotopic (exact) mass is 282 g/mol. The number of rotatable bonds is 7. The van der Waals surface area contributed by atoms with E-state index in [0.717, 1.165) is 30.8 Å². The molecule has 0 bridgehead atoms. The maximum Gasteiger partial charge on any atom is 0.227 e. The highest BCUT2D eigenvalue weighted by Crippen LogP contribution is 2.18. The number of amides is 1. The first kappa shape index (κ1) is 14.4. The van der Waals surface area contributed by atoms with Crippen LogP contribution in [0.25, 0.3) is 0 Å². The molecule has 0 aliphatic carbocycles. The Morgan fingerprint density at radius 2 is 2.37 bits per heavy atom. The van der Waals surface area contributed by atoms with E-state index in [0.29, 0.717) is 17.6 Å². The van der Waals surface area contributed by atoms with Crippen LogP contribution in [0, 0.1) is 0 Å². The van der Waals surface area contributed by atoms with Gasteiger partial charge in [-0.15, -0.1) is 10.2 Å². The van der Waals surface area contributed by atoms with Crippen LogP contribution in [-0.4, -0.2) is 28.7 Å². The molecule has 0 radical (unpaired) electrons. The first-order chi connectivity index (χ1) is 9.28. The van der Waals surface area contributed by atoms with Crippen molar-refractivity contribution < 1.29 is 4.79 Å². The second-order valence-electron chi connectivity index (χ2n) is 5.00. The van der Waals surface area contributed by atoms with Crippen LogP contribution in [0.1, 0.15) is 50.5 Å².